The van der Waals surface area contributed by atoms with E-state index in [0.29, 0.717) is 19.4 Å². The summed E-state index contributed by atoms with van der Waals surface area (Å²) in [6, 6.07) is -0.270. The molecule has 0 saturated carbocycles. The van der Waals surface area contributed by atoms with Gasteiger partial charge in [0.1, 0.15) is 24.1 Å². The molecular formula is C32H54N2O9. The van der Waals surface area contributed by atoms with E-state index in [1.165, 1.54) is 57.8 Å². The molecule has 3 aliphatic rings. The molecule has 2 unspecified atom stereocenters. The smallest absolute Gasteiger partial charge is 0.412 e. The molecule has 3 fully saturated rings. The molecule has 0 aromatic carbocycles. The van der Waals surface area contributed by atoms with Crippen LogP contribution in [0, 0.1) is 0 Å². The Balaban J connectivity index is 1.43. The fraction of sp³-hybridized carbons (Fsp3) is 0.844. The molecule has 11 heteroatoms. The van der Waals surface area contributed by atoms with Crippen LogP contribution in [0.4, 0.5) is 4.79 Å². The van der Waals surface area contributed by atoms with Gasteiger partial charge in [0.05, 0.1) is 24.7 Å². The Morgan fingerprint density at radius 2 is 1.56 bits per heavy atom. The number of aliphatic hydroxyl groups excluding tert-OH is 3. The zero-order chi connectivity index (χ0) is 31.2. The van der Waals surface area contributed by atoms with Crippen molar-refractivity contribution in [3.8, 4) is 0 Å². The number of cyclic esters (lactones) is 1. The molecule has 3 amide bonds. The van der Waals surface area contributed by atoms with Crippen LogP contribution in [-0.4, -0.2) is 87.5 Å². The number of carbonyl (C=O) groups is 3. The minimum atomic E-state index is -1.49. The topological polar surface area (TPSA) is 155 Å². The van der Waals surface area contributed by atoms with Crippen LogP contribution >= 0.6 is 0 Å². The standard InChI is InChI=1S/C32H54N2O9/c1-3-4-5-6-7-8-9-10-11-12-13-14-15-17-23(42-31-30(39)29(38)28(37)22(2)41-31)20-26(35)33-27(36)21-25-24-18-16-19-34(24)32(40)43-25/h21-24,28-31,37-39H,3-20H2,1-2H3,(H,33,35,36)/b25-21+/t22-,23?,24?,28-,29+,30+,31-/m0/s1. The third-order valence-electron chi connectivity index (χ3n) is 8.73. The molecule has 0 bridgehead atoms. The summed E-state index contributed by atoms with van der Waals surface area (Å²) in [6.07, 6.45) is 11.3. The Kier molecular flexibility index (Phi) is 15.4. The van der Waals surface area contributed by atoms with Crippen molar-refractivity contribution in [2.45, 2.75) is 166 Å². The average Bonchev–Trinajstić information content (AvgIpc) is 3.57. The van der Waals surface area contributed by atoms with Gasteiger partial charge in [-0.25, -0.2) is 4.79 Å². The summed E-state index contributed by atoms with van der Waals surface area (Å²) in [5, 5.41) is 32.9. The van der Waals surface area contributed by atoms with Gasteiger partial charge in [0.2, 0.25) is 5.91 Å². The zero-order valence-electron chi connectivity index (χ0n) is 26.1. The molecule has 7 atom stereocenters. The number of nitrogens with zero attached hydrogens (tertiary/aromatic N) is 1. The summed E-state index contributed by atoms with van der Waals surface area (Å²) in [5.41, 5.74) is 0. The third-order valence-corrected chi connectivity index (χ3v) is 8.73. The van der Waals surface area contributed by atoms with E-state index >= 15 is 0 Å². The van der Waals surface area contributed by atoms with Crippen molar-refractivity contribution in [3.05, 3.63) is 11.8 Å². The molecule has 0 aliphatic carbocycles. The Hall–Kier alpha value is -2.05. The molecule has 3 aliphatic heterocycles. The van der Waals surface area contributed by atoms with Gasteiger partial charge in [-0.05, 0) is 26.2 Å². The highest BCUT2D eigenvalue weighted by molar-refractivity contribution is 6.01. The van der Waals surface area contributed by atoms with E-state index < -0.39 is 54.7 Å². The predicted molar refractivity (Wildman–Crippen MR) is 160 cm³/mol. The van der Waals surface area contributed by atoms with Crippen LogP contribution < -0.4 is 5.32 Å². The largest absolute Gasteiger partial charge is 0.415 e. The third kappa shape index (κ3) is 11.4. The van der Waals surface area contributed by atoms with Gasteiger partial charge in [0.25, 0.3) is 5.91 Å². The summed E-state index contributed by atoms with van der Waals surface area (Å²) in [6.45, 7) is 4.39. The van der Waals surface area contributed by atoms with Crippen LogP contribution in [0.5, 0.6) is 0 Å². The molecule has 3 saturated heterocycles. The van der Waals surface area contributed by atoms with Gasteiger partial charge in [0.15, 0.2) is 6.29 Å². The summed E-state index contributed by atoms with van der Waals surface area (Å²) < 4.78 is 16.7. The number of fused-ring (bicyclic) bond motifs is 1. The highest BCUT2D eigenvalue weighted by Gasteiger charge is 2.44. The van der Waals surface area contributed by atoms with E-state index in [1.54, 1.807) is 11.8 Å². The second-order valence-corrected chi connectivity index (χ2v) is 12.4. The second kappa shape index (κ2) is 18.7. The lowest BCUT2D eigenvalue weighted by Gasteiger charge is -2.40. The Labute approximate surface area is 256 Å². The highest BCUT2D eigenvalue weighted by atomic mass is 16.7. The van der Waals surface area contributed by atoms with Crippen molar-refractivity contribution >= 4 is 17.9 Å². The van der Waals surface area contributed by atoms with E-state index in [-0.39, 0.29) is 18.2 Å². The Bertz CT molecular complexity index is 913. The molecule has 43 heavy (non-hydrogen) atoms. The van der Waals surface area contributed by atoms with Gasteiger partial charge >= 0.3 is 6.09 Å². The Morgan fingerprint density at radius 3 is 2.19 bits per heavy atom. The lowest BCUT2D eigenvalue weighted by atomic mass is 9.99. The fourth-order valence-electron chi connectivity index (χ4n) is 6.12. The first-order valence-corrected chi connectivity index (χ1v) is 16.6. The van der Waals surface area contributed by atoms with Crippen LogP contribution in [0.2, 0.25) is 0 Å². The first-order valence-electron chi connectivity index (χ1n) is 16.6. The first-order chi connectivity index (χ1) is 20.7. The number of rotatable bonds is 19. The van der Waals surface area contributed by atoms with Gasteiger partial charge in [0, 0.05) is 12.6 Å². The maximum Gasteiger partial charge on any atom is 0.415 e. The summed E-state index contributed by atoms with van der Waals surface area (Å²) >= 11 is 0. The van der Waals surface area contributed by atoms with Crippen LogP contribution in [-0.2, 0) is 23.8 Å². The van der Waals surface area contributed by atoms with E-state index in [9.17, 15) is 29.7 Å². The van der Waals surface area contributed by atoms with Crippen molar-refractivity contribution < 1.29 is 43.9 Å². The van der Waals surface area contributed by atoms with Crippen molar-refractivity contribution in [1.29, 1.82) is 0 Å². The number of unbranched alkanes of at least 4 members (excludes halogenated alkanes) is 12. The predicted octanol–water partition coefficient (Wildman–Crippen LogP) is 4.21. The molecule has 4 N–H and O–H groups in total. The lowest BCUT2D eigenvalue weighted by Crippen LogP contribution is -2.58. The van der Waals surface area contributed by atoms with Gasteiger partial charge in [-0.1, -0.05) is 90.4 Å². The maximum absolute atomic E-state index is 12.8. The fourth-order valence-corrected chi connectivity index (χ4v) is 6.12. The van der Waals surface area contributed by atoms with Gasteiger partial charge in [-0.3, -0.25) is 19.8 Å². The lowest BCUT2D eigenvalue weighted by molar-refractivity contribution is -0.304. The van der Waals surface area contributed by atoms with Gasteiger partial charge in [-0.2, -0.15) is 0 Å². The average molecular weight is 611 g/mol. The zero-order valence-corrected chi connectivity index (χ0v) is 26.1. The molecule has 0 aromatic rings. The molecule has 3 heterocycles. The minimum Gasteiger partial charge on any atom is -0.412 e. The number of carbonyl (C=O) groups excluding carboxylic acids is 3. The molecule has 3 rings (SSSR count). The van der Waals surface area contributed by atoms with Crippen LogP contribution in [0.15, 0.2) is 11.8 Å². The van der Waals surface area contributed by atoms with E-state index in [0.717, 1.165) is 38.2 Å². The summed E-state index contributed by atoms with van der Waals surface area (Å²) in [5.74, 6) is -1.01. The number of amides is 3. The van der Waals surface area contributed by atoms with E-state index in [2.05, 4.69) is 12.2 Å². The first kappa shape index (κ1) is 35.4. The van der Waals surface area contributed by atoms with Crippen molar-refractivity contribution in [2.75, 3.05) is 6.54 Å². The number of aliphatic hydroxyl groups is 3. The number of ether oxygens (including phenoxy) is 3. The minimum absolute atomic E-state index is 0.165. The summed E-state index contributed by atoms with van der Waals surface area (Å²) in [7, 11) is 0. The number of hydrogen-bond donors (Lipinski definition) is 4. The molecule has 246 valence electrons. The van der Waals surface area contributed by atoms with Crippen molar-refractivity contribution in [3.63, 3.8) is 0 Å². The highest BCUT2D eigenvalue weighted by Crippen LogP contribution is 2.31. The van der Waals surface area contributed by atoms with Crippen molar-refractivity contribution in [1.82, 2.24) is 10.2 Å². The molecular weight excluding hydrogens is 556 g/mol. The number of hydrogen-bond acceptors (Lipinski definition) is 9. The van der Waals surface area contributed by atoms with Crippen LogP contribution in [0.1, 0.15) is 123 Å². The molecule has 0 spiro atoms. The second-order valence-electron chi connectivity index (χ2n) is 12.4. The van der Waals surface area contributed by atoms with Crippen molar-refractivity contribution in [2.24, 2.45) is 0 Å². The molecule has 0 radical (unpaired) electrons. The number of nitrogens with one attached hydrogen (secondary N) is 1. The number of imide groups is 1. The Morgan fingerprint density at radius 1 is 0.953 bits per heavy atom. The SMILES string of the molecule is CCCCCCCCCCCCCCCC(CC(=O)NC(=O)/C=C1/OC(=O)N2CCCC12)O[C@@H]1O[C@@H](C)[C@H](O)[C@@H](O)[C@H]1O. The van der Waals surface area contributed by atoms with E-state index in [1.807, 2.05) is 0 Å². The van der Waals surface area contributed by atoms with E-state index in [4.69, 9.17) is 14.2 Å². The molecule has 11 nitrogen and oxygen atoms in total. The van der Waals surface area contributed by atoms with Gasteiger partial charge < -0.3 is 29.5 Å². The summed E-state index contributed by atoms with van der Waals surface area (Å²) in [4.78, 5) is 38.9. The normalized spacial score (nSPS) is 28.6. The maximum atomic E-state index is 12.8. The van der Waals surface area contributed by atoms with Crippen LogP contribution in [0.25, 0.3) is 0 Å². The quantitative estimate of drug-likeness (QED) is 0.124. The monoisotopic (exact) mass is 610 g/mol. The molecule has 0 aromatic heterocycles. The van der Waals surface area contributed by atoms with Crippen LogP contribution in [0.3, 0.4) is 0 Å². The van der Waals surface area contributed by atoms with Gasteiger partial charge in [-0.15, -0.1) is 0 Å².